The van der Waals surface area contributed by atoms with Crippen LogP contribution in [-0.2, 0) is 9.47 Å². The number of nitrogens with zero attached hydrogens (tertiary/aromatic N) is 1. The zero-order chi connectivity index (χ0) is 15.2. The van der Waals surface area contributed by atoms with E-state index in [1.54, 1.807) is 0 Å². The zero-order valence-corrected chi connectivity index (χ0v) is 12.7. The van der Waals surface area contributed by atoms with Crippen molar-refractivity contribution in [3.63, 3.8) is 0 Å². The number of hydrogen-bond donors (Lipinski definition) is 1. The van der Waals surface area contributed by atoms with Gasteiger partial charge in [-0.2, -0.15) is 0 Å². The third kappa shape index (κ3) is 5.35. The molecule has 1 fully saturated rings. The molecule has 5 heteroatoms. The van der Waals surface area contributed by atoms with E-state index in [4.69, 9.17) is 9.47 Å². The lowest BCUT2D eigenvalue weighted by Gasteiger charge is -2.30. The number of rotatable bonds is 6. The van der Waals surface area contributed by atoms with Crippen molar-refractivity contribution in [1.82, 2.24) is 10.2 Å². The molecule has 1 rings (SSSR count). The average Bonchev–Trinajstić information content (AvgIpc) is 2.74. The maximum atomic E-state index is 11.9. The van der Waals surface area contributed by atoms with Gasteiger partial charge in [0.05, 0.1) is 25.3 Å². The number of amides is 1. The molecule has 0 bridgehead atoms. The summed E-state index contributed by atoms with van der Waals surface area (Å²) in [6.45, 7) is 15.6. The van der Waals surface area contributed by atoms with Crippen LogP contribution < -0.4 is 5.32 Å². The second kappa shape index (κ2) is 7.45. The van der Waals surface area contributed by atoms with Crippen LogP contribution in [0.25, 0.3) is 0 Å². The van der Waals surface area contributed by atoms with Crippen LogP contribution >= 0.6 is 0 Å². The minimum atomic E-state index is -0.499. The predicted molar refractivity (Wildman–Crippen MR) is 79.7 cm³/mol. The Bertz CT molecular complexity index is 340. The van der Waals surface area contributed by atoms with E-state index < -0.39 is 11.7 Å². The maximum Gasteiger partial charge on any atom is 0.408 e. The average molecular weight is 282 g/mol. The Hall–Kier alpha value is -1.33. The molecule has 0 aromatic carbocycles. The smallest absolute Gasteiger partial charge is 0.408 e. The van der Waals surface area contributed by atoms with Crippen molar-refractivity contribution < 1.29 is 14.3 Å². The molecule has 0 saturated carbocycles. The second-order valence-electron chi connectivity index (χ2n) is 5.89. The number of alkyl carbamates (subject to hydrolysis) is 1. The first kappa shape index (κ1) is 16.7. The predicted octanol–water partition coefficient (Wildman–Crippen LogP) is 1.95. The third-order valence-electron chi connectivity index (χ3n) is 2.95. The molecule has 20 heavy (non-hydrogen) atoms. The molecule has 0 radical (unpaired) electrons. The third-order valence-corrected chi connectivity index (χ3v) is 2.95. The minimum absolute atomic E-state index is 0.0789. The maximum absolute atomic E-state index is 11.9. The van der Waals surface area contributed by atoms with Crippen molar-refractivity contribution in [2.45, 2.75) is 38.5 Å². The summed E-state index contributed by atoms with van der Waals surface area (Å²) in [4.78, 5) is 14.0. The number of nitrogens with one attached hydrogen (secondary N) is 1. The van der Waals surface area contributed by atoms with Gasteiger partial charge in [0, 0.05) is 13.1 Å². The van der Waals surface area contributed by atoms with Gasteiger partial charge >= 0.3 is 6.09 Å². The highest BCUT2D eigenvalue weighted by Gasteiger charge is 2.34. The fourth-order valence-corrected chi connectivity index (χ4v) is 2.18. The number of hydrogen-bond acceptors (Lipinski definition) is 4. The van der Waals surface area contributed by atoms with E-state index in [0.29, 0.717) is 13.2 Å². The van der Waals surface area contributed by atoms with Crippen molar-refractivity contribution in [1.29, 1.82) is 0 Å². The van der Waals surface area contributed by atoms with Crippen LogP contribution in [0.1, 0.15) is 20.8 Å². The summed E-state index contributed by atoms with van der Waals surface area (Å²) in [6.07, 6.45) is 3.27. The molecule has 1 heterocycles. The van der Waals surface area contributed by atoms with Gasteiger partial charge in [-0.05, 0) is 20.8 Å². The van der Waals surface area contributed by atoms with Gasteiger partial charge in [0.25, 0.3) is 0 Å². The fraction of sp³-hybridized carbons (Fsp3) is 0.667. The van der Waals surface area contributed by atoms with Crippen molar-refractivity contribution in [2.75, 3.05) is 26.3 Å². The summed E-state index contributed by atoms with van der Waals surface area (Å²) in [5.74, 6) is 0. The van der Waals surface area contributed by atoms with Crippen LogP contribution in [0.15, 0.2) is 25.3 Å². The van der Waals surface area contributed by atoms with Crippen LogP contribution in [0.5, 0.6) is 0 Å². The Morgan fingerprint density at radius 3 is 2.45 bits per heavy atom. The fourth-order valence-electron chi connectivity index (χ4n) is 2.18. The number of ether oxygens (including phenoxy) is 2. The molecule has 1 aliphatic heterocycles. The van der Waals surface area contributed by atoms with Crippen LogP contribution in [-0.4, -0.2) is 55.0 Å². The monoisotopic (exact) mass is 282 g/mol. The molecule has 114 valence electrons. The SMILES string of the molecule is C=CCN(CC=C)C1COCC1NC(=O)OC(C)(C)C. The van der Waals surface area contributed by atoms with Gasteiger partial charge < -0.3 is 14.8 Å². The van der Waals surface area contributed by atoms with Gasteiger partial charge in [-0.1, -0.05) is 12.2 Å². The van der Waals surface area contributed by atoms with E-state index in [-0.39, 0.29) is 12.1 Å². The van der Waals surface area contributed by atoms with Gasteiger partial charge in [0.2, 0.25) is 0 Å². The molecule has 0 aromatic heterocycles. The summed E-state index contributed by atoms with van der Waals surface area (Å²) in [5, 5.41) is 2.89. The Kier molecular flexibility index (Phi) is 6.23. The lowest BCUT2D eigenvalue weighted by Crippen LogP contribution is -2.52. The summed E-state index contributed by atoms with van der Waals surface area (Å²) in [6, 6.07) is 0.0308. The van der Waals surface area contributed by atoms with Gasteiger partial charge in [0.15, 0.2) is 0 Å². The summed E-state index contributed by atoms with van der Waals surface area (Å²) in [7, 11) is 0. The summed E-state index contributed by atoms with van der Waals surface area (Å²) >= 11 is 0. The highest BCUT2D eigenvalue weighted by Crippen LogP contribution is 2.15. The van der Waals surface area contributed by atoms with Crippen molar-refractivity contribution >= 4 is 6.09 Å². The second-order valence-corrected chi connectivity index (χ2v) is 5.89. The normalized spacial score (nSPS) is 22.6. The van der Waals surface area contributed by atoms with Crippen LogP contribution in [0.2, 0.25) is 0 Å². The van der Waals surface area contributed by atoms with Gasteiger partial charge in [-0.15, -0.1) is 13.2 Å². The molecule has 0 aliphatic carbocycles. The van der Waals surface area contributed by atoms with E-state index in [9.17, 15) is 4.79 Å². The Balaban J connectivity index is 2.61. The van der Waals surface area contributed by atoms with Gasteiger partial charge in [-0.25, -0.2) is 4.79 Å². The minimum Gasteiger partial charge on any atom is -0.444 e. The summed E-state index contributed by atoms with van der Waals surface area (Å²) in [5.41, 5.74) is -0.499. The first-order valence-electron chi connectivity index (χ1n) is 6.90. The number of carbonyl (C=O) groups is 1. The molecular formula is C15H26N2O3. The Labute approximate surface area is 121 Å². The molecule has 1 N–H and O–H groups in total. The van der Waals surface area contributed by atoms with Crippen molar-refractivity contribution in [3.8, 4) is 0 Å². The van der Waals surface area contributed by atoms with E-state index >= 15 is 0 Å². The van der Waals surface area contributed by atoms with Crippen molar-refractivity contribution in [2.24, 2.45) is 0 Å². The van der Waals surface area contributed by atoms with Crippen LogP contribution in [0.4, 0.5) is 4.79 Å². The highest BCUT2D eigenvalue weighted by atomic mass is 16.6. The molecule has 2 unspecified atom stereocenters. The van der Waals surface area contributed by atoms with Crippen LogP contribution in [0, 0.1) is 0 Å². The van der Waals surface area contributed by atoms with E-state index in [1.165, 1.54) is 0 Å². The Morgan fingerprint density at radius 2 is 1.95 bits per heavy atom. The van der Waals surface area contributed by atoms with Crippen LogP contribution in [0.3, 0.4) is 0 Å². The highest BCUT2D eigenvalue weighted by molar-refractivity contribution is 5.68. The molecule has 5 nitrogen and oxygen atoms in total. The first-order chi connectivity index (χ1) is 9.37. The van der Waals surface area contributed by atoms with E-state index in [0.717, 1.165) is 13.1 Å². The zero-order valence-electron chi connectivity index (χ0n) is 12.7. The standard InChI is InChI=1S/C15H26N2O3/c1-6-8-17(9-7-2)13-11-19-10-12(13)16-14(18)20-15(3,4)5/h6-7,12-13H,1-2,8-11H2,3-5H3,(H,16,18). The lowest BCUT2D eigenvalue weighted by atomic mass is 10.1. The largest absolute Gasteiger partial charge is 0.444 e. The molecule has 1 amide bonds. The Morgan fingerprint density at radius 1 is 1.35 bits per heavy atom. The molecule has 1 aliphatic rings. The quantitative estimate of drug-likeness (QED) is 0.757. The molecule has 2 atom stereocenters. The molecular weight excluding hydrogens is 256 g/mol. The lowest BCUT2D eigenvalue weighted by molar-refractivity contribution is 0.0482. The van der Waals surface area contributed by atoms with Gasteiger partial charge in [0.1, 0.15) is 5.60 Å². The molecule has 1 saturated heterocycles. The van der Waals surface area contributed by atoms with E-state index in [2.05, 4.69) is 23.4 Å². The van der Waals surface area contributed by atoms with E-state index in [1.807, 2.05) is 32.9 Å². The van der Waals surface area contributed by atoms with Crippen molar-refractivity contribution in [3.05, 3.63) is 25.3 Å². The molecule has 0 spiro atoms. The first-order valence-corrected chi connectivity index (χ1v) is 6.90. The summed E-state index contributed by atoms with van der Waals surface area (Å²) < 4.78 is 10.8. The number of carbonyl (C=O) groups excluding carboxylic acids is 1. The molecule has 0 aromatic rings. The van der Waals surface area contributed by atoms with Gasteiger partial charge in [-0.3, -0.25) is 4.90 Å². The topological polar surface area (TPSA) is 50.8 Å².